The lowest BCUT2D eigenvalue weighted by Crippen LogP contribution is -2.40. The molecule has 0 aromatic heterocycles. The second-order valence-corrected chi connectivity index (χ2v) is 10.6. The number of hydrogen-bond donors (Lipinski definition) is 1. The number of halogens is 3. The van der Waals surface area contributed by atoms with Gasteiger partial charge < -0.3 is 5.11 Å². The van der Waals surface area contributed by atoms with Gasteiger partial charge in [-0.2, -0.15) is 0 Å². The molecule has 1 saturated heterocycles. The van der Waals surface area contributed by atoms with Crippen LogP contribution in [0.2, 0.25) is 0 Å². The number of aryl methyl sites for hydroxylation is 3. The van der Waals surface area contributed by atoms with Gasteiger partial charge in [-0.05, 0) is 126 Å². The standard InChI is InChI=1S/C33H32F3NO2/c1-20-13-25(15-22-18-37(19-22)12-4-11-34)31(36)17-30(20)32-28-9-7-24(33(38)39)16-23(28)5-3-6-29(32)27-10-8-26(35)14-21(27)2/h7-10,13-17H,3-6,11-12,18-19H2,1-2H3,(H,38,39). The third-order valence-corrected chi connectivity index (χ3v) is 7.74. The lowest BCUT2D eigenvalue weighted by molar-refractivity contribution is 0.0696. The van der Waals surface area contributed by atoms with E-state index in [1.54, 1.807) is 24.3 Å². The highest BCUT2D eigenvalue weighted by molar-refractivity contribution is 6.02. The molecular formula is C33H32F3NO2. The van der Waals surface area contributed by atoms with Gasteiger partial charge in [-0.1, -0.05) is 18.2 Å². The summed E-state index contributed by atoms with van der Waals surface area (Å²) in [4.78, 5) is 13.8. The predicted molar refractivity (Wildman–Crippen MR) is 150 cm³/mol. The van der Waals surface area contributed by atoms with Crippen molar-refractivity contribution in [2.24, 2.45) is 0 Å². The molecule has 5 rings (SSSR count). The molecule has 0 amide bonds. The molecule has 6 heteroatoms. The first-order valence-corrected chi connectivity index (χ1v) is 13.4. The molecular weight excluding hydrogens is 499 g/mol. The fourth-order valence-electron chi connectivity index (χ4n) is 5.83. The first-order valence-electron chi connectivity index (χ1n) is 13.4. The molecule has 0 atom stereocenters. The van der Waals surface area contributed by atoms with Crippen LogP contribution in [0.4, 0.5) is 13.2 Å². The molecule has 0 saturated carbocycles. The van der Waals surface area contributed by atoms with E-state index in [2.05, 4.69) is 4.90 Å². The van der Waals surface area contributed by atoms with Crippen molar-refractivity contribution < 1.29 is 23.1 Å². The molecule has 1 fully saturated rings. The zero-order chi connectivity index (χ0) is 27.7. The largest absolute Gasteiger partial charge is 0.478 e. The monoisotopic (exact) mass is 531 g/mol. The van der Waals surface area contributed by atoms with Crippen LogP contribution in [0.5, 0.6) is 0 Å². The van der Waals surface area contributed by atoms with Crippen LogP contribution in [0.1, 0.15) is 68.6 Å². The minimum Gasteiger partial charge on any atom is -0.478 e. The van der Waals surface area contributed by atoms with Gasteiger partial charge in [0.1, 0.15) is 11.6 Å². The summed E-state index contributed by atoms with van der Waals surface area (Å²) in [6.45, 7) is 5.65. The summed E-state index contributed by atoms with van der Waals surface area (Å²) in [6, 6.07) is 13.3. The van der Waals surface area contributed by atoms with Crippen molar-refractivity contribution in [3.05, 3.63) is 110 Å². The number of alkyl halides is 1. The van der Waals surface area contributed by atoms with Crippen LogP contribution in [-0.2, 0) is 6.42 Å². The van der Waals surface area contributed by atoms with Crippen LogP contribution < -0.4 is 0 Å². The van der Waals surface area contributed by atoms with Crippen LogP contribution in [-0.4, -0.2) is 42.3 Å². The number of fused-ring (bicyclic) bond motifs is 1. The molecule has 202 valence electrons. The molecule has 1 heterocycles. The van der Waals surface area contributed by atoms with E-state index in [1.165, 1.54) is 12.1 Å². The van der Waals surface area contributed by atoms with Crippen molar-refractivity contribution in [3.8, 4) is 0 Å². The van der Waals surface area contributed by atoms with E-state index in [0.717, 1.165) is 69.6 Å². The number of likely N-dealkylation sites (tertiary alicyclic amines) is 1. The Morgan fingerprint density at radius 1 is 0.949 bits per heavy atom. The topological polar surface area (TPSA) is 40.5 Å². The first kappa shape index (κ1) is 26.9. The van der Waals surface area contributed by atoms with Gasteiger partial charge in [0, 0.05) is 25.2 Å². The molecule has 39 heavy (non-hydrogen) atoms. The number of carboxylic acids is 1. The molecule has 0 radical (unpaired) electrons. The van der Waals surface area contributed by atoms with E-state index in [4.69, 9.17) is 0 Å². The quantitative estimate of drug-likeness (QED) is 0.341. The van der Waals surface area contributed by atoms with E-state index in [9.17, 15) is 18.7 Å². The van der Waals surface area contributed by atoms with Crippen LogP contribution in [0.15, 0.2) is 54.1 Å². The van der Waals surface area contributed by atoms with E-state index < -0.39 is 5.97 Å². The Morgan fingerprint density at radius 3 is 2.41 bits per heavy atom. The summed E-state index contributed by atoms with van der Waals surface area (Å²) in [6.07, 6.45) is 4.57. The van der Waals surface area contributed by atoms with Crippen molar-refractivity contribution in [2.75, 3.05) is 26.3 Å². The number of carboxylic acid groups (broad SMARTS) is 1. The van der Waals surface area contributed by atoms with Crippen molar-refractivity contribution in [1.82, 2.24) is 4.90 Å². The Labute approximate surface area is 227 Å². The van der Waals surface area contributed by atoms with Crippen molar-refractivity contribution in [3.63, 3.8) is 0 Å². The van der Waals surface area contributed by atoms with E-state index in [-0.39, 0.29) is 23.9 Å². The number of hydrogen-bond acceptors (Lipinski definition) is 2. The number of benzene rings is 3. The second-order valence-electron chi connectivity index (χ2n) is 10.6. The summed E-state index contributed by atoms with van der Waals surface area (Å²) in [5.41, 5.74) is 8.88. The SMILES string of the molecule is Cc1cc(F)ccc1C1=C(c2cc(F)c(C=C3CN(CCCF)C3)cc2C)c2ccc(C(=O)O)cc2CCC1. The molecule has 0 spiro atoms. The molecule has 1 aliphatic carbocycles. The predicted octanol–water partition coefficient (Wildman–Crippen LogP) is 7.63. The molecule has 3 aromatic rings. The number of aromatic carboxylic acids is 1. The highest BCUT2D eigenvalue weighted by Crippen LogP contribution is 2.42. The highest BCUT2D eigenvalue weighted by atomic mass is 19.1. The van der Waals surface area contributed by atoms with E-state index in [1.807, 2.05) is 32.1 Å². The van der Waals surface area contributed by atoms with Gasteiger partial charge in [-0.15, -0.1) is 0 Å². The van der Waals surface area contributed by atoms with Crippen LogP contribution >= 0.6 is 0 Å². The number of allylic oxidation sites excluding steroid dienone is 1. The average molecular weight is 532 g/mol. The third-order valence-electron chi connectivity index (χ3n) is 7.74. The third kappa shape index (κ3) is 5.57. The maximum Gasteiger partial charge on any atom is 0.335 e. The molecule has 1 aliphatic heterocycles. The molecule has 3 aromatic carbocycles. The zero-order valence-electron chi connectivity index (χ0n) is 22.3. The van der Waals surface area contributed by atoms with Crippen LogP contribution in [0.25, 0.3) is 17.2 Å². The van der Waals surface area contributed by atoms with Crippen LogP contribution in [0.3, 0.4) is 0 Å². The van der Waals surface area contributed by atoms with Gasteiger partial charge in [0.2, 0.25) is 0 Å². The summed E-state index contributed by atoms with van der Waals surface area (Å²) >= 11 is 0. The Bertz CT molecular complexity index is 1500. The Morgan fingerprint density at radius 2 is 1.69 bits per heavy atom. The maximum atomic E-state index is 15.7. The van der Waals surface area contributed by atoms with Gasteiger partial charge in [0.05, 0.1) is 12.2 Å². The van der Waals surface area contributed by atoms with Gasteiger partial charge in [0.25, 0.3) is 0 Å². The minimum absolute atomic E-state index is 0.223. The smallest absolute Gasteiger partial charge is 0.335 e. The van der Waals surface area contributed by atoms with E-state index in [0.29, 0.717) is 31.4 Å². The summed E-state index contributed by atoms with van der Waals surface area (Å²) in [5, 5.41) is 9.58. The fourth-order valence-corrected chi connectivity index (χ4v) is 5.83. The number of nitrogens with zero attached hydrogens (tertiary/aromatic N) is 1. The Hall–Kier alpha value is -3.64. The normalized spacial score (nSPS) is 15.6. The summed E-state index contributed by atoms with van der Waals surface area (Å²) in [7, 11) is 0. The average Bonchev–Trinajstić information content (AvgIpc) is 3.06. The molecule has 3 nitrogen and oxygen atoms in total. The molecule has 1 N–H and O–H groups in total. The van der Waals surface area contributed by atoms with Crippen molar-refractivity contribution in [2.45, 2.75) is 39.5 Å². The zero-order valence-corrected chi connectivity index (χ0v) is 22.3. The van der Waals surface area contributed by atoms with E-state index >= 15 is 4.39 Å². The Balaban J connectivity index is 1.64. The highest BCUT2D eigenvalue weighted by Gasteiger charge is 2.25. The van der Waals surface area contributed by atoms with Crippen molar-refractivity contribution in [1.29, 1.82) is 0 Å². The fraction of sp³-hybridized carbons (Fsp3) is 0.303. The van der Waals surface area contributed by atoms with Gasteiger partial charge in [-0.25, -0.2) is 13.6 Å². The first-order chi connectivity index (χ1) is 18.7. The summed E-state index contributed by atoms with van der Waals surface area (Å²) in [5.74, 6) is -1.63. The molecule has 2 aliphatic rings. The van der Waals surface area contributed by atoms with Crippen LogP contribution in [0, 0.1) is 25.5 Å². The molecule has 0 bridgehead atoms. The Kier molecular flexibility index (Phi) is 7.76. The minimum atomic E-state index is -0.985. The number of carbonyl (C=O) groups is 1. The molecule has 0 unspecified atom stereocenters. The van der Waals surface area contributed by atoms with Crippen molar-refractivity contribution >= 4 is 23.2 Å². The second kappa shape index (κ2) is 11.2. The maximum absolute atomic E-state index is 15.7. The number of rotatable bonds is 7. The lowest BCUT2D eigenvalue weighted by atomic mass is 9.84. The van der Waals surface area contributed by atoms with Gasteiger partial charge in [0.15, 0.2) is 0 Å². The summed E-state index contributed by atoms with van der Waals surface area (Å²) < 4.78 is 42.1. The van der Waals surface area contributed by atoms with Gasteiger partial charge >= 0.3 is 5.97 Å². The lowest BCUT2D eigenvalue weighted by Gasteiger charge is -2.33. The van der Waals surface area contributed by atoms with Gasteiger partial charge in [-0.3, -0.25) is 9.29 Å².